The Kier molecular flexibility index (Phi) is 1.84. The second-order valence-electron chi connectivity index (χ2n) is 2.70. The maximum Gasteiger partial charge on any atom is 0.169 e. The Balaban J connectivity index is 2.52. The molecular weight excluding hydrogens is 119 g/mol. The van der Waals surface area contributed by atoms with Crippen molar-refractivity contribution in [3.63, 3.8) is 0 Å². The third kappa shape index (κ3) is 1.29. The molecule has 9 heavy (non-hydrogen) atoms. The zero-order chi connectivity index (χ0) is 6.85. The molecular formula is C7H11FO. The molecule has 52 valence electrons. The standard InChI is InChI=1S/C7H11FO/c1-5-3-2-4-6(8)7(5)9/h5-6H,2-4H2,1H3. The Morgan fingerprint density at radius 2 is 2.22 bits per heavy atom. The molecule has 0 saturated heterocycles. The fourth-order valence-corrected chi connectivity index (χ4v) is 1.20. The highest BCUT2D eigenvalue weighted by molar-refractivity contribution is 5.85. The van der Waals surface area contributed by atoms with E-state index >= 15 is 0 Å². The smallest absolute Gasteiger partial charge is 0.169 e. The van der Waals surface area contributed by atoms with E-state index in [-0.39, 0.29) is 11.7 Å². The van der Waals surface area contributed by atoms with Crippen molar-refractivity contribution in [2.45, 2.75) is 32.4 Å². The first kappa shape index (κ1) is 6.72. The third-order valence-corrected chi connectivity index (χ3v) is 1.89. The SMILES string of the molecule is CC1CCCC(F)C1=O. The number of rotatable bonds is 0. The van der Waals surface area contributed by atoms with Crippen LogP contribution >= 0.6 is 0 Å². The van der Waals surface area contributed by atoms with Crippen molar-refractivity contribution in [2.75, 3.05) is 0 Å². The summed E-state index contributed by atoms with van der Waals surface area (Å²) in [6.45, 7) is 1.80. The van der Waals surface area contributed by atoms with Gasteiger partial charge in [0.2, 0.25) is 0 Å². The van der Waals surface area contributed by atoms with Crippen LogP contribution in [0.5, 0.6) is 0 Å². The number of halogens is 1. The van der Waals surface area contributed by atoms with Crippen LogP contribution in [0.2, 0.25) is 0 Å². The molecule has 1 saturated carbocycles. The van der Waals surface area contributed by atoms with Gasteiger partial charge in [-0.3, -0.25) is 4.79 Å². The highest BCUT2D eigenvalue weighted by Gasteiger charge is 2.27. The molecule has 0 N–H and O–H groups in total. The molecule has 0 spiro atoms. The van der Waals surface area contributed by atoms with E-state index in [1.54, 1.807) is 6.92 Å². The van der Waals surface area contributed by atoms with Crippen LogP contribution in [0.3, 0.4) is 0 Å². The Hall–Kier alpha value is -0.400. The molecule has 1 aliphatic carbocycles. The van der Waals surface area contributed by atoms with Crippen LogP contribution in [0.4, 0.5) is 4.39 Å². The van der Waals surface area contributed by atoms with Crippen LogP contribution in [-0.4, -0.2) is 12.0 Å². The van der Waals surface area contributed by atoms with Gasteiger partial charge in [-0.05, 0) is 19.3 Å². The Morgan fingerprint density at radius 3 is 2.67 bits per heavy atom. The number of ketones is 1. The first-order chi connectivity index (χ1) is 4.22. The molecule has 0 heterocycles. The highest BCUT2D eigenvalue weighted by atomic mass is 19.1. The van der Waals surface area contributed by atoms with Crippen molar-refractivity contribution in [2.24, 2.45) is 5.92 Å². The first-order valence-corrected chi connectivity index (χ1v) is 3.39. The van der Waals surface area contributed by atoms with Gasteiger partial charge in [0.15, 0.2) is 12.0 Å². The minimum atomic E-state index is -1.16. The fraction of sp³-hybridized carbons (Fsp3) is 0.857. The van der Waals surface area contributed by atoms with Gasteiger partial charge in [-0.25, -0.2) is 4.39 Å². The molecule has 0 radical (unpaired) electrons. The van der Waals surface area contributed by atoms with Crippen molar-refractivity contribution in [3.8, 4) is 0 Å². The third-order valence-electron chi connectivity index (χ3n) is 1.89. The number of carbonyl (C=O) groups excluding carboxylic acids is 1. The maximum atomic E-state index is 12.5. The average molecular weight is 130 g/mol. The van der Waals surface area contributed by atoms with Crippen molar-refractivity contribution >= 4 is 5.78 Å². The van der Waals surface area contributed by atoms with Crippen LogP contribution in [0.15, 0.2) is 0 Å². The molecule has 1 rings (SSSR count). The lowest BCUT2D eigenvalue weighted by molar-refractivity contribution is -0.129. The largest absolute Gasteiger partial charge is 0.296 e. The van der Waals surface area contributed by atoms with E-state index in [9.17, 15) is 9.18 Å². The monoisotopic (exact) mass is 130 g/mol. The minimum Gasteiger partial charge on any atom is -0.296 e. The number of alkyl halides is 1. The molecule has 1 fully saturated rings. The zero-order valence-corrected chi connectivity index (χ0v) is 5.56. The molecule has 0 aromatic carbocycles. The summed E-state index contributed by atoms with van der Waals surface area (Å²) in [6.07, 6.45) is 1.03. The molecule has 2 heteroatoms. The van der Waals surface area contributed by atoms with E-state index in [4.69, 9.17) is 0 Å². The van der Waals surface area contributed by atoms with Crippen LogP contribution < -0.4 is 0 Å². The van der Waals surface area contributed by atoms with Gasteiger partial charge in [-0.2, -0.15) is 0 Å². The zero-order valence-electron chi connectivity index (χ0n) is 5.56. The predicted molar refractivity (Wildman–Crippen MR) is 32.9 cm³/mol. The van der Waals surface area contributed by atoms with Gasteiger partial charge in [0.25, 0.3) is 0 Å². The summed E-state index contributed by atoms with van der Waals surface area (Å²) in [5.74, 6) is -0.227. The van der Waals surface area contributed by atoms with Crippen molar-refractivity contribution in [1.29, 1.82) is 0 Å². The number of hydrogen-bond acceptors (Lipinski definition) is 1. The van der Waals surface area contributed by atoms with Crippen molar-refractivity contribution in [1.82, 2.24) is 0 Å². The van der Waals surface area contributed by atoms with Gasteiger partial charge in [0, 0.05) is 5.92 Å². The predicted octanol–water partition coefficient (Wildman–Crippen LogP) is 1.71. The van der Waals surface area contributed by atoms with Crippen LogP contribution in [0.1, 0.15) is 26.2 Å². The summed E-state index contributed by atoms with van der Waals surface area (Å²) < 4.78 is 12.5. The lowest BCUT2D eigenvalue weighted by Crippen LogP contribution is -2.27. The molecule has 0 aromatic rings. The second-order valence-corrected chi connectivity index (χ2v) is 2.70. The van der Waals surface area contributed by atoms with Gasteiger partial charge in [0.05, 0.1) is 0 Å². The van der Waals surface area contributed by atoms with Gasteiger partial charge < -0.3 is 0 Å². The molecule has 1 nitrogen and oxygen atoms in total. The maximum absolute atomic E-state index is 12.5. The lowest BCUT2D eigenvalue weighted by Gasteiger charge is -2.18. The van der Waals surface area contributed by atoms with Gasteiger partial charge in [-0.1, -0.05) is 6.92 Å². The van der Waals surface area contributed by atoms with Crippen molar-refractivity contribution < 1.29 is 9.18 Å². The normalized spacial score (nSPS) is 36.9. The minimum absolute atomic E-state index is 0.0336. The van der Waals surface area contributed by atoms with E-state index < -0.39 is 6.17 Å². The molecule has 1 aliphatic rings. The lowest BCUT2D eigenvalue weighted by atomic mass is 9.88. The summed E-state index contributed by atoms with van der Waals surface area (Å²) >= 11 is 0. The van der Waals surface area contributed by atoms with Gasteiger partial charge in [-0.15, -0.1) is 0 Å². The Morgan fingerprint density at radius 1 is 1.56 bits per heavy atom. The molecule has 0 aliphatic heterocycles. The molecule has 2 atom stereocenters. The average Bonchev–Trinajstić information content (AvgIpc) is 1.83. The quantitative estimate of drug-likeness (QED) is 0.488. The fourth-order valence-electron chi connectivity index (χ4n) is 1.20. The van der Waals surface area contributed by atoms with Crippen LogP contribution in [-0.2, 0) is 4.79 Å². The van der Waals surface area contributed by atoms with Crippen LogP contribution in [0.25, 0.3) is 0 Å². The summed E-state index contributed by atoms with van der Waals surface area (Å²) in [5, 5.41) is 0. The first-order valence-electron chi connectivity index (χ1n) is 3.39. The molecule has 0 bridgehead atoms. The number of hydrogen-bond donors (Lipinski definition) is 0. The Labute approximate surface area is 54.3 Å². The summed E-state index contributed by atoms with van der Waals surface area (Å²) in [4.78, 5) is 10.8. The van der Waals surface area contributed by atoms with E-state index in [1.807, 2.05) is 0 Å². The van der Waals surface area contributed by atoms with Crippen LogP contribution in [0, 0.1) is 5.92 Å². The molecule has 2 unspecified atom stereocenters. The summed E-state index contributed by atoms with van der Waals surface area (Å²) in [7, 11) is 0. The summed E-state index contributed by atoms with van der Waals surface area (Å²) in [5.41, 5.74) is 0. The van der Waals surface area contributed by atoms with E-state index in [1.165, 1.54) is 0 Å². The number of carbonyl (C=O) groups is 1. The molecule has 0 amide bonds. The second kappa shape index (κ2) is 2.46. The van der Waals surface area contributed by atoms with E-state index in [0.717, 1.165) is 12.8 Å². The van der Waals surface area contributed by atoms with Gasteiger partial charge in [0.1, 0.15) is 0 Å². The molecule has 0 aromatic heterocycles. The van der Waals surface area contributed by atoms with E-state index in [0.29, 0.717) is 6.42 Å². The topological polar surface area (TPSA) is 17.1 Å². The highest BCUT2D eigenvalue weighted by Crippen LogP contribution is 2.22. The summed E-state index contributed by atoms with van der Waals surface area (Å²) in [6, 6.07) is 0. The number of Topliss-reactive ketones (excluding diaryl/α,β-unsaturated/α-hetero) is 1. The Bertz CT molecular complexity index is 110. The van der Waals surface area contributed by atoms with Gasteiger partial charge >= 0.3 is 0 Å². The van der Waals surface area contributed by atoms with E-state index in [2.05, 4.69) is 0 Å². The van der Waals surface area contributed by atoms with Crippen molar-refractivity contribution in [3.05, 3.63) is 0 Å².